The van der Waals surface area contributed by atoms with E-state index in [4.69, 9.17) is 4.74 Å². The number of amides is 1. The van der Waals surface area contributed by atoms with Gasteiger partial charge in [-0.2, -0.15) is 5.10 Å². The van der Waals surface area contributed by atoms with Gasteiger partial charge >= 0.3 is 0 Å². The van der Waals surface area contributed by atoms with Crippen molar-refractivity contribution in [1.82, 2.24) is 14.7 Å². The van der Waals surface area contributed by atoms with Crippen molar-refractivity contribution in [3.8, 4) is 5.75 Å². The van der Waals surface area contributed by atoms with Crippen LogP contribution in [0.4, 0.5) is 0 Å². The lowest BCUT2D eigenvalue weighted by molar-refractivity contribution is -0.154. The second kappa shape index (κ2) is 6.44. The van der Waals surface area contributed by atoms with Gasteiger partial charge in [0.15, 0.2) is 0 Å². The number of fused-ring (bicyclic) bond motifs is 1. The van der Waals surface area contributed by atoms with E-state index in [2.05, 4.69) is 17.2 Å². The number of aryl methyl sites for hydroxylation is 1. The van der Waals surface area contributed by atoms with Crippen LogP contribution in [0.1, 0.15) is 48.9 Å². The first kappa shape index (κ1) is 18.4. The molecule has 1 aliphatic heterocycles. The average molecular weight is 393 g/mol. The molecule has 2 heterocycles. The van der Waals surface area contributed by atoms with Crippen LogP contribution in [0.25, 0.3) is 0 Å². The third-order valence-corrected chi connectivity index (χ3v) is 7.34. The Labute approximate surface area is 170 Å². The number of aromatic nitrogens is 2. The van der Waals surface area contributed by atoms with E-state index >= 15 is 0 Å². The summed E-state index contributed by atoms with van der Waals surface area (Å²) < 4.78 is 6.69. The number of benzene rings is 1. The number of hydrogen-bond donors (Lipinski definition) is 0. The van der Waals surface area contributed by atoms with Crippen LogP contribution in [-0.2, 0) is 30.2 Å². The first-order valence-corrected chi connectivity index (χ1v) is 10.4. The summed E-state index contributed by atoms with van der Waals surface area (Å²) in [6, 6.07) is 9.65. The Morgan fingerprint density at radius 2 is 1.90 bits per heavy atom. The highest BCUT2D eigenvalue weighted by molar-refractivity contribution is 5.90. The number of carbonyl (C=O) groups excluding carboxylic acids is 1. The Kier molecular flexibility index (Phi) is 4.09. The van der Waals surface area contributed by atoms with Gasteiger partial charge < -0.3 is 9.64 Å². The van der Waals surface area contributed by atoms with E-state index in [1.807, 2.05) is 17.0 Å². The maximum absolute atomic E-state index is 13.8. The van der Waals surface area contributed by atoms with Crippen molar-refractivity contribution in [2.45, 2.75) is 50.5 Å². The Morgan fingerprint density at radius 1 is 1.17 bits per heavy atom. The predicted molar refractivity (Wildman–Crippen MR) is 109 cm³/mol. The van der Waals surface area contributed by atoms with Crippen molar-refractivity contribution >= 4 is 5.91 Å². The molecule has 0 bridgehead atoms. The molecule has 0 radical (unpaired) electrons. The fraction of sp³-hybridized carbons (Fsp3) is 0.522. The van der Waals surface area contributed by atoms with Crippen LogP contribution in [0, 0.1) is 5.41 Å². The summed E-state index contributed by atoms with van der Waals surface area (Å²) in [6.07, 6.45) is 6.31. The molecule has 2 aromatic rings. The second-order valence-electron chi connectivity index (χ2n) is 9.07. The van der Waals surface area contributed by atoms with E-state index < -0.39 is 5.41 Å². The monoisotopic (exact) mass is 393 g/mol. The molecule has 0 unspecified atom stereocenters. The molecule has 3 aliphatic rings. The summed E-state index contributed by atoms with van der Waals surface area (Å²) in [7, 11) is 3.33. The maximum atomic E-state index is 13.8. The van der Waals surface area contributed by atoms with E-state index in [1.54, 1.807) is 20.2 Å². The Bertz CT molecular complexity index is 1010. The number of nitrogens with zero attached hydrogens (tertiary/aromatic N) is 3. The number of hydrogen-bond acceptors (Lipinski definition) is 4. The molecular formula is C23H27N3O3. The smallest absolute Gasteiger partial charge is 0.266 e. The van der Waals surface area contributed by atoms with Crippen LogP contribution in [-0.4, -0.2) is 34.2 Å². The van der Waals surface area contributed by atoms with Gasteiger partial charge in [-0.25, -0.2) is 4.68 Å². The van der Waals surface area contributed by atoms with Gasteiger partial charge in [0, 0.05) is 38.2 Å². The van der Waals surface area contributed by atoms with Crippen LogP contribution in [0.15, 0.2) is 35.1 Å². The summed E-state index contributed by atoms with van der Waals surface area (Å²) in [5, 5.41) is 4.38. The molecule has 1 aromatic heterocycles. The van der Waals surface area contributed by atoms with Gasteiger partial charge in [0.05, 0.1) is 18.2 Å². The molecular weight excluding hydrogens is 366 g/mol. The molecule has 2 aliphatic carbocycles. The van der Waals surface area contributed by atoms with Crippen LogP contribution in [0.3, 0.4) is 0 Å². The zero-order chi connectivity index (χ0) is 20.2. The molecule has 152 valence electrons. The molecule has 2 saturated carbocycles. The lowest BCUT2D eigenvalue weighted by atomic mass is 9.43. The van der Waals surface area contributed by atoms with E-state index in [0.717, 1.165) is 35.4 Å². The normalized spacial score (nSPS) is 21.1. The molecule has 0 N–H and O–H groups in total. The summed E-state index contributed by atoms with van der Waals surface area (Å²) >= 11 is 0. The fourth-order valence-corrected chi connectivity index (χ4v) is 5.62. The Morgan fingerprint density at radius 3 is 2.52 bits per heavy atom. The highest BCUT2D eigenvalue weighted by atomic mass is 16.5. The van der Waals surface area contributed by atoms with Gasteiger partial charge in [0.1, 0.15) is 5.75 Å². The number of carbonyl (C=O) groups is 1. The molecule has 0 atom stereocenters. The first-order valence-electron chi connectivity index (χ1n) is 10.4. The van der Waals surface area contributed by atoms with Crippen LogP contribution in [0.5, 0.6) is 5.75 Å². The van der Waals surface area contributed by atoms with Crippen molar-refractivity contribution in [3.05, 3.63) is 57.5 Å². The molecule has 29 heavy (non-hydrogen) atoms. The molecule has 0 saturated heterocycles. The SMILES string of the molecule is COc1ccc(C2(C(=O)N3CCc4nn(C)c(=O)cc4C3)CC3(CCC3)C2)cc1. The summed E-state index contributed by atoms with van der Waals surface area (Å²) in [6.45, 7) is 1.13. The minimum absolute atomic E-state index is 0.125. The van der Waals surface area contributed by atoms with Gasteiger partial charge in [-0.1, -0.05) is 18.6 Å². The largest absolute Gasteiger partial charge is 0.497 e. The third kappa shape index (κ3) is 2.80. The lowest BCUT2D eigenvalue weighted by Crippen LogP contribution is -2.61. The first-order chi connectivity index (χ1) is 13.9. The third-order valence-electron chi connectivity index (χ3n) is 7.34. The predicted octanol–water partition coefficient (Wildman–Crippen LogP) is 2.58. The molecule has 1 spiro atoms. The van der Waals surface area contributed by atoms with Gasteiger partial charge in [0.2, 0.25) is 5.91 Å². The van der Waals surface area contributed by atoms with Crippen LogP contribution < -0.4 is 10.3 Å². The zero-order valence-corrected chi connectivity index (χ0v) is 17.1. The van der Waals surface area contributed by atoms with E-state index in [-0.39, 0.29) is 11.5 Å². The molecule has 6 heteroatoms. The molecule has 5 rings (SSSR count). The highest BCUT2D eigenvalue weighted by Gasteiger charge is 2.62. The molecule has 2 fully saturated rings. The van der Waals surface area contributed by atoms with Crippen LogP contribution >= 0.6 is 0 Å². The van der Waals surface area contributed by atoms with Crippen molar-refractivity contribution in [1.29, 1.82) is 0 Å². The molecule has 6 nitrogen and oxygen atoms in total. The number of ether oxygens (including phenoxy) is 1. The topological polar surface area (TPSA) is 64.4 Å². The Hall–Kier alpha value is -2.63. The minimum Gasteiger partial charge on any atom is -0.497 e. The summed E-state index contributed by atoms with van der Waals surface area (Å²) in [5.74, 6) is 1.01. The Balaban J connectivity index is 1.45. The van der Waals surface area contributed by atoms with Crippen molar-refractivity contribution in [3.63, 3.8) is 0 Å². The summed E-state index contributed by atoms with van der Waals surface area (Å²) in [5.41, 5.74) is 2.70. The van der Waals surface area contributed by atoms with Crippen molar-refractivity contribution in [2.75, 3.05) is 13.7 Å². The minimum atomic E-state index is -0.447. The van der Waals surface area contributed by atoms with Crippen LogP contribution in [0.2, 0.25) is 0 Å². The number of rotatable bonds is 3. The van der Waals surface area contributed by atoms with Gasteiger partial charge in [-0.15, -0.1) is 0 Å². The molecule has 1 amide bonds. The maximum Gasteiger partial charge on any atom is 0.266 e. The average Bonchev–Trinajstić information content (AvgIpc) is 2.67. The van der Waals surface area contributed by atoms with E-state index in [1.165, 1.54) is 23.9 Å². The van der Waals surface area contributed by atoms with Gasteiger partial charge in [-0.05, 0) is 48.8 Å². The van der Waals surface area contributed by atoms with E-state index in [9.17, 15) is 9.59 Å². The lowest BCUT2D eigenvalue weighted by Gasteiger charge is -2.61. The molecule has 1 aromatic carbocycles. The quantitative estimate of drug-likeness (QED) is 0.804. The van der Waals surface area contributed by atoms with Crippen molar-refractivity contribution in [2.24, 2.45) is 12.5 Å². The number of methoxy groups -OCH3 is 1. The second-order valence-corrected chi connectivity index (χ2v) is 9.07. The van der Waals surface area contributed by atoms with Gasteiger partial charge in [0.25, 0.3) is 5.56 Å². The standard InChI is InChI=1S/C23H27N3O3/c1-25-20(27)12-16-13-26(11-8-19(16)24-25)21(28)23(14-22(15-23)9-3-10-22)17-4-6-18(29-2)7-5-17/h4-7,12H,3,8-11,13-15H2,1-2H3. The summed E-state index contributed by atoms with van der Waals surface area (Å²) in [4.78, 5) is 27.8. The zero-order valence-electron chi connectivity index (χ0n) is 17.1. The van der Waals surface area contributed by atoms with Gasteiger partial charge in [-0.3, -0.25) is 9.59 Å². The van der Waals surface area contributed by atoms with E-state index in [0.29, 0.717) is 24.9 Å². The van der Waals surface area contributed by atoms with Crippen molar-refractivity contribution < 1.29 is 9.53 Å². The highest BCUT2D eigenvalue weighted by Crippen LogP contribution is 2.65. The fourth-order valence-electron chi connectivity index (χ4n) is 5.62.